The molecule has 0 bridgehead atoms. The summed E-state index contributed by atoms with van der Waals surface area (Å²) < 4.78 is 0. The van der Waals surface area contributed by atoms with Gasteiger partial charge in [-0.25, -0.2) is 0 Å². The lowest BCUT2D eigenvalue weighted by molar-refractivity contribution is 0.0925. The standard InChI is InChI=1S/C18H19ClN2O2S/c19-13-7-3-6-12(10-13)16(11-4-1-2-5-11)21-18(23)15-9-8-14(24-15)17(20)22/h3,6-11,16H,1-2,4-5H2,(H2,20,22)(H,21,23). The molecule has 3 rings (SSSR count). The van der Waals surface area contributed by atoms with Gasteiger partial charge in [0.05, 0.1) is 15.8 Å². The summed E-state index contributed by atoms with van der Waals surface area (Å²) in [6.07, 6.45) is 4.55. The Bertz CT molecular complexity index is 753. The molecule has 1 unspecified atom stereocenters. The first kappa shape index (κ1) is 17.0. The van der Waals surface area contributed by atoms with E-state index in [1.165, 1.54) is 12.8 Å². The molecule has 0 radical (unpaired) electrons. The number of nitrogens with two attached hydrogens (primary N) is 1. The molecule has 1 heterocycles. The molecule has 1 aromatic heterocycles. The van der Waals surface area contributed by atoms with E-state index >= 15 is 0 Å². The Morgan fingerprint density at radius 3 is 2.50 bits per heavy atom. The van der Waals surface area contributed by atoms with Gasteiger partial charge in [0.25, 0.3) is 11.8 Å². The van der Waals surface area contributed by atoms with Gasteiger partial charge in [0, 0.05) is 5.02 Å². The molecular weight excluding hydrogens is 344 g/mol. The number of halogens is 1. The molecular formula is C18H19ClN2O2S. The van der Waals surface area contributed by atoms with Crippen LogP contribution in [0.15, 0.2) is 36.4 Å². The van der Waals surface area contributed by atoms with Gasteiger partial charge in [0.2, 0.25) is 0 Å². The summed E-state index contributed by atoms with van der Waals surface area (Å²) in [7, 11) is 0. The van der Waals surface area contributed by atoms with E-state index in [9.17, 15) is 9.59 Å². The van der Waals surface area contributed by atoms with Crippen LogP contribution in [0.3, 0.4) is 0 Å². The molecule has 2 amide bonds. The number of hydrogen-bond donors (Lipinski definition) is 2. The zero-order valence-electron chi connectivity index (χ0n) is 13.1. The van der Waals surface area contributed by atoms with Crippen LogP contribution < -0.4 is 11.1 Å². The summed E-state index contributed by atoms with van der Waals surface area (Å²) in [5, 5.41) is 3.80. The van der Waals surface area contributed by atoms with Crippen LogP contribution in [-0.2, 0) is 0 Å². The van der Waals surface area contributed by atoms with Crippen molar-refractivity contribution in [3.05, 3.63) is 56.7 Å². The van der Waals surface area contributed by atoms with Crippen molar-refractivity contribution < 1.29 is 9.59 Å². The summed E-state index contributed by atoms with van der Waals surface area (Å²) in [6.45, 7) is 0. The maximum absolute atomic E-state index is 12.6. The first-order chi connectivity index (χ1) is 11.5. The van der Waals surface area contributed by atoms with Gasteiger partial charge in [-0.1, -0.05) is 36.6 Å². The Hall–Kier alpha value is -1.85. The monoisotopic (exact) mass is 362 g/mol. The molecule has 4 nitrogen and oxygen atoms in total. The van der Waals surface area contributed by atoms with E-state index in [1.807, 2.05) is 24.3 Å². The van der Waals surface area contributed by atoms with E-state index in [-0.39, 0.29) is 11.9 Å². The zero-order valence-corrected chi connectivity index (χ0v) is 14.7. The second-order valence-electron chi connectivity index (χ2n) is 6.08. The lowest BCUT2D eigenvalue weighted by atomic mass is 9.91. The smallest absolute Gasteiger partial charge is 0.261 e. The van der Waals surface area contributed by atoms with Crippen LogP contribution in [0.2, 0.25) is 5.02 Å². The number of carbonyl (C=O) groups excluding carboxylic acids is 2. The van der Waals surface area contributed by atoms with Crippen molar-refractivity contribution in [1.29, 1.82) is 0 Å². The highest BCUT2D eigenvalue weighted by molar-refractivity contribution is 7.15. The van der Waals surface area contributed by atoms with Crippen molar-refractivity contribution in [3.8, 4) is 0 Å². The topological polar surface area (TPSA) is 72.2 Å². The van der Waals surface area contributed by atoms with Crippen LogP contribution in [0.4, 0.5) is 0 Å². The van der Waals surface area contributed by atoms with Gasteiger partial charge in [-0.3, -0.25) is 9.59 Å². The molecule has 2 aromatic rings. The Morgan fingerprint density at radius 1 is 1.17 bits per heavy atom. The lowest BCUT2D eigenvalue weighted by Gasteiger charge is -2.25. The molecule has 1 fully saturated rings. The van der Waals surface area contributed by atoms with Crippen LogP contribution >= 0.6 is 22.9 Å². The van der Waals surface area contributed by atoms with Crippen LogP contribution in [0.25, 0.3) is 0 Å². The third-order valence-electron chi connectivity index (χ3n) is 4.44. The molecule has 6 heteroatoms. The summed E-state index contributed by atoms with van der Waals surface area (Å²) in [4.78, 5) is 24.7. The molecule has 3 N–H and O–H groups in total. The highest BCUT2D eigenvalue weighted by Gasteiger charge is 2.28. The van der Waals surface area contributed by atoms with E-state index in [2.05, 4.69) is 5.32 Å². The fourth-order valence-electron chi connectivity index (χ4n) is 3.27. The average Bonchev–Trinajstić information content (AvgIpc) is 3.23. The highest BCUT2D eigenvalue weighted by Crippen LogP contribution is 2.36. The highest BCUT2D eigenvalue weighted by atomic mass is 35.5. The minimum atomic E-state index is -0.513. The van der Waals surface area contributed by atoms with Gasteiger partial charge in [-0.2, -0.15) is 0 Å². The molecule has 0 saturated heterocycles. The van der Waals surface area contributed by atoms with E-state index in [0.29, 0.717) is 20.7 Å². The number of primary amides is 1. The van der Waals surface area contributed by atoms with Crippen molar-refractivity contribution in [1.82, 2.24) is 5.32 Å². The molecule has 1 saturated carbocycles. The van der Waals surface area contributed by atoms with Crippen LogP contribution in [0.1, 0.15) is 56.6 Å². The van der Waals surface area contributed by atoms with Gasteiger partial charge >= 0.3 is 0 Å². The number of thiophene rings is 1. The summed E-state index contributed by atoms with van der Waals surface area (Å²) in [6, 6.07) is 10.8. The molecule has 126 valence electrons. The van der Waals surface area contributed by atoms with Crippen LogP contribution in [0.5, 0.6) is 0 Å². The van der Waals surface area contributed by atoms with Gasteiger partial charge in [0.1, 0.15) is 0 Å². The molecule has 0 aliphatic heterocycles. The summed E-state index contributed by atoms with van der Waals surface area (Å²) in [5.74, 6) is -0.284. The van der Waals surface area contributed by atoms with Crippen molar-refractivity contribution in [2.45, 2.75) is 31.7 Å². The first-order valence-corrected chi connectivity index (χ1v) is 9.20. The predicted molar refractivity (Wildman–Crippen MR) is 96.5 cm³/mol. The third kappa shape index (κ3) is 3.79. The third-order valence-corrected chi connectivity index (χ3v) is 5.77. The average molecular weight is 363 g/mol. The molecule has 1 aromatic carbocycles. The Balaban J connectivity index is 1.82. The molecule has 24 heavy (non-hydrogen) atoms. The van der Waals surface area contributed by atoms with Gasteiger partial charge in [-0.05, 0) is 48.6 Å². The minimum absolute atomic E-state index is 0.0715. The maximum atomic E-state index is 12.6. The van der Waals surface area contributed by atoms with Crippen molar-refractivity contribution >= 4 is 34.8 Å². The second kappa shape index (κ2) is 7.36. The van der Waals surface area contributed by atoms with E-state index < -0.39 is 5.91 Å². The predicted octanol–water partition coefficient (Wildman–Crippen LogP) is 4.16. The molecule has 1 aliphatic carbocycles. The molecule has 1 aliphatic rings. The summed E-state index contributed by atoms with van der Waals surface area (Å²) >= 11 is 7.24. The van der Waals surface area contributed by atoms with Crippen molar-refractivity contribution in [3.63, 3.8) is 0 Å². The Labute approximate surface area is 150 Å². The van der Waals surface area contributed by atoms with E-state index in [0.717, 1.165) is 29.7 Å². The number of hydrogen-bond acceptors (Lipinski definition) is 3. The van der Waals surface area contributed by atoms with Gasteiger partial charge in [-0.15, -0.1) is 11.3 Å². The fourth-order valence-corrected chi connectivity index (χ4v) is 4.23. The van der Waals surface area contributed by atoms with Gasteiger partial charge < -0.3 is 11.1 Å². The van der Waals surface area contributed by atoms with Gasteiger partial charge in [0.15, 0.2) is 0 Å². The van der Waals surface area contributed by atoms with Crippen LogP contribution in [0, 0.1) is 5.92 Å². The zero-order chi connectivity index (χ0) is 17.1. The number of benzene rings is 1. The summed E-state index contributed by atoms with van der Waals surface area (Å²) in [5.41, 5.74) is 6.28. The van der Waals surface area contributed by atoms with E-state index in [4.69, 9.17) is 17.3 Å². The van der Waals surface area contributed by atoms with Crippen molar-refractivity contribution in [2.75, 3.05) is 0 Å². The largest absolute Gasteiger partial charge is 0.365 e. The maximum Gasteiger partial charge on any atom is 0.261 e. The Morgan fingerprint density at radius 2 is 1.88 bits per heavy atom. The fraction of sp³-hybridized carbons (Fsp3) is 0.333. The second-order valence-corrected chi connectivity index (χ2v) is 7.60. The van der Waals surface area contributed by atoms with Crippen molar-refractivity contribution in [2.24, 2.45) is 11.7 Å². The van der Waals surface area contributed by atoms with Crippen LogP contribution in [-0.4, -0.2) is 11.8 Å². The molecule has 1 atom stereocenters. The SMILES string of the molecule is NC(=O)c1ccc(C(=O)NC(c2cccc(Cl)c2)C2CCCC2)s1. The normalized spacial score (nSPS) is 16.0. The first-order valence-electron chi connectivity index (χ1n) is 8.00. The lowest BCUT2D eigenvalue weighted by Crippen LogP contribution is -2.32. The number of amides is 2. The minimum Gasteiger partial charge on any atom is -0.365 e. The number of rotatable bonds is 5. The Kier molecular flexibility index (Phi) is 5.21. The molecule has 0 spiro atoms. The number of carbonyl (C=O) groups is 2. The van der Waals surface area contributed by atoms with E-state index in [1.54, 1.807) is 12.1 Å². The quantitative estimate of drug-likeness (QED) is 0.838. The number of nitrogens with one attached hydrogen (secondary N) is 1.